The minimum atomic E-state index is -0.0209. The Balaban J connectivity index is 1.56. The number of carbonyl (C=O) groups excluding carboxylic acids is 1. The van der Waals surface area contributed by atoms with Crippen LogP contribution in [0.5, 0.6) is 0 Å². The molecule has 0 aromatic heterocycles. The number of hydrogen-bond donors (Lipinski definition) is 2. The van der Waals surface area contributed by atoms with Gasteiger partial charge in [0.25, 0.3) is 5.91 Å². The molecule has 28 heavy (non-hydrogen) atoms. The number of carbonyl (C=O) groups is 1. The molecule has 3 atom stereocenters. The summed E-state index contributed by atoms with van der Waals surface area (Å²) >= 11 is 3.52. The molecule has 0 saturated heterocycles. The van der Waals surface area contributed by atoms with Crippen molar-refractivity contribution in [2.45, 2.75) is 24.8 Å². The van der Waals surface area contributed by atoms with Crippen molar-refractivity contribution in [1.29, 1.82) is 0 Å². The molecule has 0 fully saturated rings. The van der Waals surface area contributed by atoms with Gasteiger partial charge >= 0.3 is 0 Å². The highest BCUT2D eigenvalue weighted by Crippen LogP contribution is 2.49. The molecule has 2 N–H and O–H groups in total. The minimum absolute atomic E-state index is 0.0209. The number of halogens is 1. The number of hydrogen-bond acceptors (Lipinski definition) is 3. The van der Waals surface area contributed by atoms with Crippen molar-refractivity contribution in [2.75, 3.05) is 25.6 Å². The minimum Gasteiger partial charge on any atom is -0.385 e. The van der Waals surface area contributed by atoms with Crippen LogP contribution in [0.4, 0.5) is 5.69 Å². The first-order valence-corrected chi connectivity index (χ1v) is 10.6. The quantitative estimate of drug-likeness (QED) is 0.488. The maximum atomic E-state index is 12.5. The summed E-state index contributed by atoms with van der Waals surface area (Å²) in [6.45, 7) is 1.28. The van der Waals surface area contributed by atoms with E-state index in [1.54, 1.807) is 7.11 Å². The van der Waals surface area contributed by atoms with Crippen LogP contribution in [0.15, 0.2) is 59.1 Å². The standard InChI is InChI=1S/C23H25BrN2O2/c1-28-13-3-12-25-23(27)16-8-11-21-20(14-16)18-4-2-5-19(18)22(26-21)15-6-9-17(24)10-7-15/h2,4,6-11,14,18-19,22,26H,3,5,12-13H2,1H3,(H,25,27)/t18-,19+,22-/m1/s1. The molecule has 2 aromatic carbocycles. The Labute approximate surface area is 174 Å². The Bertz CT molecular complexity index is 879. The molecule has 1 aliphatic carbocycles. The van der Waals surface area contributed by atoms with Crippen LogP contribution < -0.4 is 10.6 Å². The molecule has 1 amide bonds. The normalized spacial score (nSPS) is 22.3. The van der Waals surface area contributed by atoms with Crippen LogP contribution in [0, 0.1) is 5.92 Å². The first kappa shape index (κ1) is 19.2. The van der Waals surface area contributed by atoms with Crippen molar-refractivity contribution in [3.63, 3.8) is 0 Å². The van der Waals surface area contributed by atoms with E-state index in [9.17, 15) is 4.79 Å². The molecular formula is C23H25BrN2O2. The third-order valence-corrected chi connectivity index (χ3v) is 6.19. The highest BCUT2D eigenvalue weighted by molar-refractivity contribution is 9.10. The molecule has 2 aromatic rings. The molecule has 4 nitrogen and oxygen atoms in total. The van der Waals surface area contributed by atoms with Crippen molar-refractivity contribution < 1.29 is 9.53 Å². The van der Waals surface area contributed by atoms with Gasteiger partial charge in [-0.05, 0) is 60.2 Å². The molecule has 146 valence electrons. The maximum absolute atomic E-state index is 12.5. The van der Waals surface area contributed by atoms with E-state index >= 15 is 0 Å². The fourth-order valence-electron chi connectivity index (χ4n) is 4.26. The summed E-state index contributed by atoms with van der Waals surface area (Å²) < 4.78 is 6.13. The van der Waals surface area contributed by atoms with E-state index in [4.69, 9.17) is 4.74 Å². The van der Waals surface area contributed by atoms with Gasteiger partial charge in [0.1, 0.15) is 0 Å². The average molecular weight is 441 g/mol. The van der Waals surface area contributed by atoms with E-state index in [-0.39, 0.29) is 11.9 Å². The zero-order valence-electron chi connectivity index (χ0n) is 16.0. The SMILES string of the molecule is COCCCNC(=O)c1ccc2c(c1)[C@@H]1C=CC[C@@H]1[C@@H](c1ccc(Br)cc1)N2. The van der Waals surface area contributed by atoms with Crippen LogP contribution in [0.3, 0.4) is 0 Å². The molecular weight excluding hydrogens is 416 g/mol. The van der Waals surface area contributed by atoms with Gasteiger partial charge in [0.05, 0.1) is 6.04 Å². The van der Waals surface area contributed by atoms with Crippen molar-refractivity contribution >= 4 is 27.5 Å². The van der Waals surface area contributed by atoms with E-state index in [2.05, 4.69) is 69.0 Å². The van der Waals surface area contributed by atoms with E-state index in [1.807, 2.05) is 12.1 Å². The number of ether oxygens (including phenoxy) is 1. The summed E-state index contributed by atoms with van der Waals surface area (Å²) in [5.41, 5.74) is 4.36. The second-order valence-corrected chi connectivity index (χ2v) is 8.35. The summed E-state index contributed by atoms with van der Waals surface area (Å²) in [7, 11) is 1.67. The van der Waals surface area contributed by atoms with Gasteiger partial charge in [-0.15, -0.1) is 0 Å². The van der Waals surface area contributed by atoms with Gasteiger partial charge in [-0.3, -0.25) is 4.79 Å². The van der Waals surface area contributed by atoms with Crippen LogP contribution in [0.2, 0.25) is 0 Å². The first-order chi connectivity index (χ1) is 13.7. The first-order valence-electron chi connectivity index (χ1n) is 9.77. The Kier molecular flexibility index (Phi) is 5.83. The molecule has 0 radical (unpaired) electrons. The zero-order valence-corrected chi connectivity index (χ0v) is 17.5. The van der Waals surface area contributed by atoms with Crippen LogP contribution in [0.25, 0.3) is 0 Å². The Morgan fingerprint density at radius 2 is 2.07 bits per heavy atom. The molecule has 1 heterocycles. The van der Waals surface area contributed by atoms with E-state index in [0.717, 1.165) is 28.6 Å². The lowest BCUT2D eigenvalue weighted by Crippen LogP contribution is -2.30. The Hall–Kier alpha value is -2.11. The number of benzene rings is 2. The zero-order chi connectivity index (χ0) is 19.5. The highest BCUT2D eigenvalue weighted by Gasteiger charge is 2.38. The average Bonchev–Trinajstić information content (AvgIpc) is 3.21. The van der Waals surface area contributed by atoms with Crippen LogP contribution >= 0.6 is 15.9 Å². The third-order valence-electron chi connectivity index (χ3n) is 5.66. The van der Waals surface area contributed by atoms with E-state index in [0.29, 0.717) is 25.0 Å². The molecule has 2 aliphatic rings. The smallest absolute Gasteiger partial charge is 0.251 e. The van der Waals surface area contributed by atoms with Crippen LogP contribution in [-0.4, -0.2) is 26.2 Å². The van der Waals surface area contributed by atoms with Gasteiger partial charge in [-0.25, -0.2) is 0 Å². The van der Waals surface area contributed by atoms with E-state index < -0.39 is 0 Å². The van der Waals surface area contributed by atoms with Crippen LogP contribution in [-0.2, 0) is 4.74 Å². The second kappa shape index (κ2) is 8.50. The Morgan fingerprint density at radius 3 is 2.86 bits per heavy atom. The summed E-state index contributed by atoms with van der Waals surface area (Å²) in [5, 5.41) is 6.71. The lowest BCUT2D eigenvalue weighted by Gasteiger charge is -2.37. The molecule has 0 unspecified atom stereocenters. The maximum Gasteiger partial charge on any atom is 0.251 e. The van der Waals surface area contributed by atoms with Crippen molar-refractivity contribution in [2.24, 2.45) is 5.92 Å². The summed E-state index contributed by atoms with van der Waals surface area (Å²) in [5.74, 6) is 0.785. The molecule has 1 aliphatic heterocycles. The largest absolute Gasteiger partial charge is 0.385 e. The summed E-state index contributed by atoms with van der Waals surface area (Å²) in [4.78, 5) is 12.5. The van der Waals surface area contributed by atoms with Gasteiger partial charge < -0.3 is 15.4 Å². The predicted molar refractivity (Wildman–Crippen MR) is 116 cm³/mol. The van der Waals surface area contributed by atoms with Gasteiger partial charge in [0.2, 0.25) is 0 Å². The monoisotopic (exact) mass is 440 g/mol. The summed E-state index contributed by atoms with van der Waals surface area (Å²) in [6.07, 6.45) is 6.44. The number of allylic oxidation sites excluding steroid dienone is 2. The fraction of sp³-hybridized carbons (Fsp3) is 0.348. The number of anilines is 1. The highest BCUT2D eigenvalue weighted by atomic mass is 79.9. The molecule has 0 saturated carbocycles. The number of fused-ring (bicyclic) bond motifs is 3. The molecule has 5 heteroatoms. The number of methoxy groups -OCH3 is 1. The van der Waals surface area contributed by atoms with Crippen LogP contribution in [0.1, 0.15) is 46.3 Å². The van der Waals surface area contributed by atoms with Gasteiger partial charge in [0.15, 0.2) is 0 Å². The third kappa shape index (κ3) is 3.87. The fourth-order valence-corrected chi connectivity index (χ4v) is 4.52. The van der Waals surface area contributed by atoms with E-state index in [1.165, 1.54) is 11.1 Å². The molecule has 0 spiro atoms. The van der Waals surface area contributed by atoms with Crippen molar-refractivity contribution in [3.05, 3.63) is 75.8 Å². The lowest BCUT2D eigenvalue weighted by atomic mass is 9.76. The summed E-state index contributed by atoms with van der Waals surface area (Å²) in [6, 6.07) is 14.9. The second-order valence-electron chi connectivity index (χ2n) is 7.43. The van der Waals surface area contributed by atoms with Crippen molar-refractivity contribution in [1.82, 2.24) is 5.32 Å². The van der Waals surface area contributed by atoms with Gasteiger partial charge in [-0.2, -0.15) is 0 Å². The van der Waals surface area contributed by atoms with Gasteiger partial charge in [-0.1, -0.05) is 40.2 Å². The van der Waals surface area contributed by atoms with Crippen molar-refractivity contribution in [3.8, 4) is 0 Å². The molecule has 4 rings (SSSR count). The topological polar surface area (TPSA) is 50.4 Å². The number of amides is 1. The predicted octanol–water partition coefficient (Wildman–Crippen LogP) is 5.04. The lowest BCUT2D eigenvalue weighted by molar-refractivity contribution is 0.0948. The Morgan fingerprint density at radius 1 is 1.25 bits per heavy atom. The van der Waals surface area contributed by atoms with Gasteiger partial charge in [0, 0.05) is 41.9 Å². The number of nitrogens with one attached hydrogen (secondary N) is 2. The molecule has 0 bridgehead atoms. The number of rotatable bonds is 6.